The molecule has 1 aliphatic rings. The molecule has 0 bridgehead atoms. The van der Waals surface area contributed by atoms with Crippen LogP contribution in [0.25, 0.3) is 0 Å². The average molecular weight is 415 g/mol. The first kappa shape index (κ1) is 19.3. The Kier molecular flexibility index (Phi) is 5.67. The van der Waals surface area contributed by atoms with Gasteiger partial charge in [0.2, 0.25) is 10.0 Å². The Morgan fingerprint density at radius 3 is 2.23 bits per heavy atom. The number of anilines is 1. The van der Waals surface area contributed by atoms with Crippen LogP contribution in [-0.2, 0) is 10.0 Å². The Morgan fingerprint density at radius 2 is 1.58 bits per heavy atom. The van der Waals surface area contributed by atoms with Gasteiger partial charge in [0.15, 0.2) is 0 Å². The topological polar surface area (TPSA) is 49.9 Å². The van der Waals surface area contributed by atoms with Gasteiger partial charge in [0.1, 0.15) is 10.6 Å². The van der Waals surface area contributed by atoms with E-state index in [1.165, 1.54) is 23.5 Å². The summed E-state index contributed by atoms with van der Waals surface area (Å²) < 4.78 is 32.7. The Morgan fingerprint density at radius 1 is 0.962 bits per heavy atom. The fraction of sp³-hybridized carbons (Fsp3) is 0.333. The van der Waals surface area contributed by atoms with Gasteiger partial charge in [-0.05, 0) is 36.8 Å². The molecule has 2 aromatic rings. The summed E-state index contributed by atoms with van der Waals surface area (Å²) in [6.45, 7) is 3.99. The van der Waals surface area contributed by atoms with Gasteiger partial charge in [0.05, 0.1) is 7.11 Å². The van der Waals surface area contributed by atoms with Crippen molar-refractivity contribution in [2.75, 3.05) is 38.2 Å². The second-order valence-electron chi connectivity index (χ2n) is 6.12. The first-order chi connectivity index (χ1) is 12.3. The molecule has 0 spiro atoms. The maximum absolute atomic E-state index is 13.0. The van der Waals surface area contributed by atoms with E-state index < -0.39 is 10.0 Å². The minimum Gasteiger partial charge on any atom is -0.495 e. The van der Waals surface area contributed by atoms with Gasteiger partial charge < -0.3 is 9.64 Å². The minimum atomic E-state index is -3.65. The zero-order chi connectivity index (χ0) is 18.9. The van der Waals surface area contributed by atoms with Gasteiger partial charge in [0, 0.05) is 48.0 Å². The molecule has 140 valence electrons. The van der Waals surface area contributed by atoms with Gasteiger partial charge in [0.25, 0.3) is 0 Å². The first-order valence-electron chi connectivity index (χ1n) is 8.17. The van der Waals surface area contributed by atoms with Crippen LogP contribution in [0.15, 0.2) is 41.3 Å². The van der Waals surface area contributed by atoms with Gasteiger partial charge in [-0.25, -0.2) is 8.42 Å². The number of aryl methyl sites for hydroxylation is 1. The highest BCUT2D eigenvalue weighted by molar-refractivity contribution is 7.89. The van der Waals surface area contributed by atoms with E-state index in [1.807, 2.05) is 25.1 Å². The third-order valence-corrected chi connectivity index (χ3v) is 6.90. The molecule has 26 heavy (non-hydrogen) atoms. The van der Waals surface area contributed by atoms with Crippen molar-refractivity contribution in [1.29, 1.82) is 0 Å². The Labute approximate surface area is 164 Å². The predicted octanol–water partition coefficient (Wildman–Crippen LogP) is 3.82. The lowest BCUT2D eigenvalue weighted by molar-refractivity contribution is 0.374. The van der Waals surface area contributed by atoms with E-state index in [0.29, 0.717) is 36.2 Å². The fourth-order valence-electron chi connectivity index (χ4n) is 3.09. The average Bonchev–Trinajstić information content (AvgIpc) is 2.63. The third kappa shape index (κ3) is 3.78. The summed E-state index contributed by atoms with van der Waals surface area (Å²) in [4.78, 5) is 2.29. The molecule has 1 heterocycles. The number of hydrogen-bond donors (Lipinski definition) is 0. The molecule has 1 fully saturated rings. The lowest BCUT2D eigenvalue weighted by Crippen LogP contribution is -2.48. The van der Waals surface area contributed by atoms with Gasteiger partial charge in [-0.2, -0.15) is 4.31 Å². The molecule has 5 nitrogen and oxygen atoms in total. The van der Waals surface area contributed by atoms with Crippen molar-refractivity contribution in [3.05, 3.63) is 52.0 Å². The summed E-state index contributed by atoms with van der Waals surface area (Å²) in [5.74, 6) is 0.255. The molecule has 1 saturated heterocycles. The van der Waals surface area contributed by atoms with E-state index in [1.54, 1.807) is 6.07 Å². The largest absolute Gasteiger partial charge is 0.495 e. The molecule has 0 aliphatic carbocycles. The predicted molar refractivity (Wildman–Crippen MR) is 105 cm³/mol. The summed E-state index contributed by atoms with van der Waals surface area (Å²) in [5, 5.41) is 1.11. The van der Waals surface area contributed by atoms with Crippen molar-refractivity contribution >= 4 is 38.9 Å². The normalized spacial score (nSPS) is 15.9. The molecule has 0 N–H and O–H groups in total. The number of halogens is 2. The molecule has 0 amide bonds. The van der Waals surface area contributed by atoms with E-state index >= 15 is 0 Å². The van der Waals surface area contributed by atoms with E-state index in [-0.39, 0.29) is 10.6 Å². The van der Waals surface area contributed by atoms with Crippen LogP contribution in [-0.4, -0.2) is 46.0 Å². The van der Waals surface area contributed by atoms with Gasteiger partial charge in [-0.1, -0.05) is 29.3 Å². The molecular formula is C18H20Cl2N2O3S. The number of rotatable bonds is 4. The highest BCUT2D eigenvalue weighted by Gasteiger charge is 2.31. The van der Waals surface area contributed by atoms with Crippen molar-refractivity contribution in [3.63, 3.8) is 0 Å². The van der Waals surface area contributed by atoms with Crippen LogP contribution in [0.5, 0.6) is 5.75 Å². The van der Waals surface area contributed by atoms with Gasteiger partial charge in [-0.3, -0.25) is 0 Å². The Bertz CT molecular complexity index is 911. The molecule has 8 heteroatoms. The number of methoxy groups -OCH3 is 1. The number of sulfonamides is 1. The van der Waals surface area contributed by atoms with Crippen molar-refractivity contribution in [1.82, 2.24) is 4.31 Å². The van der Waals surface area contributed by atoms with Crippen LogP contribution < -0.4 is 9.64 Å². The molecule has 1 aliphatic heterocycles. The zero-order valence-electron chi connectivity index (χ0n) is 14.6. The van der Waals surface area contributed by atoms with Crippen LogP contribution in [0.4, 0.5) is 5.69 Å². The quantitative estimate of drug-likeness (QED) is 0.762. The fourth-order valence-corrected chi connectivity index (χ4v) is 4.97. The minimum absolute atomic E-state index is 0.136. The summed E-state index contributed by atoms with van der Waals surface area (Å²) in [5.41, 5.74) is 2.16. The van der Waals surface area contributed by atoms with E-state index in [0.717, 1.165) is 11.3 Å². The van der Waals surface area contributed by atoms with Gasteiger partial charge in [-0.15, -0.1) is 0 Å². The van der Waals surface area contributed by atoms with Crippen LogP contribution in [0.1, 0.15) is 5.56 Å². The maximum Gasteiger partial charge on any atom is 0.246 e. The highest BCUT2D eigenvalue weighted by Crippen LogP contribution is 2.31. The van der Waals surface area contributed by atoms with Gasteiger partial charge >= 0.3 is 0 Å². The van der Waals surface area contributed by atoms with Crippen LogP contribution in [0.3, 0.4) is 0 Å². The summed E-state index contributed by atoms with van der Waals surface area (Å²) >= 11 is 12.0. The molecule has 0 unspecified atom stereocenters. The lowest BCUT2D eigenvalue weighted by Gasteiger charge is -2.36. The van der Waals surface area contributed by atoms with E-state index in [4.69, 9.17) is 27.9 Å². The first-order valence-corrected chi connectivity index (χ1v) is 10.4. The summed E-state index contributed by atoms with van der Waals surface area (Å²) in [6, 6.07) is 10.3. The summed E-state index contributed by atoms with van der Waals surface area (Å²) in [6.07, 6.45) is 0. The molecule has 0 aromatic heterocycles. The Hall–Kier alpha value is -1.47. The lowest BCUT2D eigenvalue weighted by atomic mass is 10.1. The number of hydrogen-bond acceptors (Lipinski definition) is 4. The van der Waals surface area contributed by atoms with E-state index in [2.05, 4.69) is 4.90 Å². The zero-order valence-corrected chi connectivity index (χ0v) is 16.9. The highest BCUT2D eigenvalue weighted by atomic mass is 35.5. The number of nitrogens with zero attached hydrogens (tertiary/aromatic N) is 2. The SMILES string of the molecule is COc1cc(Cl)ccc1S(=O)(=O)N1CCN(c2cc(Cl)ccc2C)CC1. The Balaban J connectivity index is 1.80. The number of ether oxygens (including phenoxy) is 1. The second-order valence-corrected chi connectivity index (χ2v) is 8.90. The van der Waals surface area contributed by atoms with Crippen molar-refractivity contribution in [3.8, 4) is 5.75 Å². The van der Waals surface area contributed by atoms with Crippen LogP contribution in [0, 0.1) is 6.92 Å². The van der Waals surface area contributed by atoms with Crippen LogP contribution >= 0.6 is 23.2 Å². The summed E-state index contributed by atoms with van der Waals surface area (Å²) in [7, 11) is -2.21. The van der Waals surface area contributed by atoms with Crippen molar-refractivity contribution in [2.24, 2.45) is 0 Å². The standard InChI is InChI=1S/C18H20Cl2N2O3S/c1-13-3-4-14(19)11-16(13)21-7-9-22(10-8-21)26(23,24)18-6-5-15(20)12-17(18)25-2/h3-6,11-12H,7-10H2,1-2H3. The molecule has 0 atom stereocenters. The molecule has 2 aromatic carbocycles. The molecule has 3 rings (SSSR count). The van der Waals surface area contributed by atoms with E-state index in [9.17, 15) is 8.42 Å². The number of piperazine rings is 1. The van der Waals surface area contributed by atoms with Crippen LogP contribution in [0.2, 0.25) is 10.0 Å². The second kappa shape index (κ2) is 7.64. The van der Waals surface area contributed by atoms with Crippen molar-refractivity contribution in [2.45, 2.75) is 11.8 Å². The van der Waals surface area contributed by atoms with Crippen molar-refractivity contribution < 1.29 is 13.2 Å². The monoisotopic (exact) mass is 414 g/mol. The third-order valence-electron chi connectivity index (χ3n) is 4.49. The number of benzene rings is 2. The molecule has 0 saturated carbocycles. The molecule has 0 radical (unpaired) electrons. The molecular weight excluding hydrogens is 395 g/mol. The maximum atomic E-state index is 13.0. The smallest absolute Gasteiger partial charge is 0.246 e.